The average Bonchev–Trinajstić information content (AvgIpc) is 3.12. The molecule has 0 radical (unpaired) electrons. The maximum atomic E-state index is 12.5. The van der Waals surface area contributed by atoms with E-state index in [1.807, 2.05) is 0 Å². The molecular formula is C20H20N4O4. The van der Waals surface area contributed by atoms with Gasteiger partial charge in [-0.25, -0.2) is 0 Å². The maximum Gasteiger partial charge on any atom is 0.255 e. The van der Waals surface area contributed by atoms with Crippen LogP contribution >= 0.6 is 0 Å². The number of nitrogens with zero attached hydrogens (tertiary/aromatic N) is 1. The predicted octanol–water partition coefficient (Wildman–Crippen LogP) is 1.28. The second kappa shape index (κ2) is 8.34. The molecule has 144 valence electrons. The van der Waals surface area contributed by atoms with Gasteiger partial charge in [-0.05, 0) is 48.9 Å². The zero-order valence-corrected chi connectivity index (χ0v) is 15.1. The molecule has 0 aliphatic carbocycles. The van der Waals surface area contributed by atoms with Crippen molar-refractivity contribution in [2.45, 2.75) is 12.8 Å². The number of benzene rings is 2. The van der Waals surface area contributed by atoms with E-state index >= 15 is 0 Å². The number of hydrogen-bond donors (Lipinski definition) is 3. The third kappa shape index (κ3) is 4.53. The maximum absolute atomic E-state index is 12.5. The Kier molecular flexibility index (Phi) is 5.69. The van der Waals surface area contributed by atoms with Crippen molar-refractivity contribution in [1.29, 1.82) is 0 Å². The Labute approximate surface area is 161 Å². The second-order valence-electron chi connectivity index (χ2n) is 6.38. The SMILES string of the molecule is NC(=O)CNC(=O)c1cccc(NC(=O)c2ccc(N3CCCC3=O)cc2)c1. The van der Waals surface area contributed by atoms with E-state index in [4.69, 9.17) is 5.73 Å². The molecular weight excluding hydrogens is 360 g/mol. The van der Waals surface area contributed by atoms with Crippen LogP contribution in [0.5, 0.6) is 0 Å². The Morgan fingerprint density at radius 3 is 2.39 bits per heavy atom. The summed E-state index contributed by atoms with van der Waals surface area (Å²) in [7, 11) is 0. The number of rotatable bonds is 6. The lowest BCUT2D eigenvalue weighted by Gasteiger charge is -2.15. The number of amides is 4. The Balaban J connectivity index is 1.66. The quantitative estimate of drug-likeness (QED) is 0.699. The standard InChI is InChI=1S/C20H20N4O4/c21-17(25)12-22-19(27)14-3-1-4-15(11-14)23-20(28)13-6-8-16(9-7-13)24-10-2-5-18(24)26/h1,3-4,6-9,11H,2,5,10,12H2,(H2,21,25)(H,22,27)(H,23,28). The van der Waals surface area contributed by atoms with E-state index < -0.39 is 11.8 Å². The highest BCUT2D eigenvalue weighted by molar-refractivity contribution is 6.05. The van der Waals surface area contributed by atoms with Crippen LogP contribution in [0.3, 0.4) is 0 Å². The average molecular weight is 380 g/mol. The molecule has 3 rings (SSSR count). The molecule has 8 heteroatoms. The number of carbonyl (C=O) groups is 4. The Bertz CT molecular complexity index is 924. The van der Waals surface area contributed by atoms with Gasteiger partial charge in [0.15, 0.2) is 0 Å². The van der Waals surface area contributed by atoms with Crippen molar-refractivity contribution >= 4 is 35.0 Å². The zero-order chi connectivity index (χ0) is 20.1. The number of anilines is 2. The van der Waals surface area contributed by atoms with Crippen LogP contribution in [0, 0.1) is 0 Å². The van der Waals surface area contributed by atoms with Crippen molar-refractivity contribution in [2.24, 2.45) is 5.73 Å². The molecule has 0 spiro atoms. The molecule has 1 aliphatic rings. The summed E-state index contributed by atoms with van der Waals surface area (Å²) in [6.07, 6.45) is 1.38. The highest BCUT2D eigenvalue weighted by Crippen LogP contribution is 2.22. The minimum absolute atomic E-state index is 0.0867. The molecule has 1 fully saturated rings. The molecule has 0 unspecified atom stereocenters. The molecule has 8 nitrogen and oxygen atoms in total. The molecule has 2 aromatic carbocycles. The van der Waals surface area contributed by atoms with E-state index in [9.17, 15) is 19.2 Å². The highest BCUT2D eigenvalue weighted by atomic mass is 16.2. The van der Waals surface area contributed by atoms with Crippen molar-refractivity contribution in [3.8, 4) is 0 Å². The summed E-state index contributed by atoms with van der Waals surface area (Å²) in [5.74, 6) is -1.36. The molecule has 0 aromatic heterocycles. The smallest absolute Gasteiger partial charge is 0.255 e. The fourth-order valence-electron chi connectivity index (χ4n) is 2.92. The molecule has 1 aliphatic heterocycles. The summed E-state index contributed by atoms with van der Waals surface area (Å²) in [6.45, 7) is 0.427. The van der Waals surface area contributed by atoms with Crippen LogP contribution in [0.2, 0.25) is 0 Å². The van der Waals surface area contributed by atoms with Crippen molar-refractivity contribution in [3.05, 3.63) is 59.7 Å². The van der Waals surface area contributed by atoms with Gasteiger partial charge < -0.3 is 21.3 Å². The molecule has 28 heavy (non-hydrogen) atoms. The Morgan fingerprint density at radius 2 is 1.75 bits per heavy atom. The monoisotopic (exact) mass is 380 g/mol. The van der Waals surface area contributed by atoms with E-state index in [0.717, 1.165) is 12.1 Å². The zero-order valence-electron chi connectivity index (χ0n) is 15.1. The topological polar surface area (TPSA) is 122 Å². The molecule has 0 saturated carbocycles. The highest BCUT2D eigenvalue weighted by Gasteiger charge is 2.21. The first-order valence-electron chi connectivity index (χ1n) is 8.82. The van der Waals surface area contributed by atoms with Crippen molar-refractivity contribution in [2.75, 3.05) is 23.3 Å². The van der Waals surface area contributed by atoms with Gasteiger partial charge in [-0.1, -0.05) is 6.07 Å². The van der Waals surface area contributed by atoms with Crippen LogP contribution in [-0.4, -0.2) is 36.7 Å². The summed E-state index contributed by atoms with van der Waals surface area (Å²) in [5.41, 5.74) is 6.94. The molecule has 4 amide bonds. The molecule has 0 atom stereocenters. The summed E-state index contributed by atoms with van der Waals surface area (Å²) in [6, 6.07) is 13.1. The van der Waals surface area contributed by atoms with Gasteiger partial charge in [0.05, 0.1) is 6.54 Å². The second-order valence-corrected chi connectivity index (χ2v) is 6.38. The lowest BCUT2D eigenvalue weighted by Crippen LogP contribution is -2.33. The van der Waals surface area contributed by atoms with Crippen molar-refractivity contribution < 1.29 is 19.2 Å². The first-order valence-corrected chi connectivity index (χ1v) is 8.82. The van der Waals surface area contributed by atoms with Gasteiger partial charge in [0, 0.05) is 35.5 Å². The van der Waals surface area contributed by atoms with E-state index in [-0.39, 0.29) is 18.4 Å². The number of primary amides is 1. The van der Waals surface area contributed by atoms with Gasteiger partial charge in [0.2, 0.25) is 11.8 Å². The summed E-state index contributed by atoms with van der Waals surface area (Å²) < 4.78 is 0. The van der Waals surface area contributed by atoms with Crippen LogP contribution in [0.25, 0.3) is 0 Å². The fourth-order valence-corrected chi connectivity index (χ4v) is 2.92. The first kappa shape index (κ1) is 19.1. The van der Waals surface area contributed by atoms with Crippen molar-refractivity contribution in [3.63, 3.8) is 0 Å². The van der Waals surface area contributed by atoms with Crippen molar-refractivity contribution in [1.82, 2.24) is 5.32 Å². The van der Waals surface area contributed by atoms with E-state index in [1.54, 1.807) is 47.4 Å². The molecule has 4 N–H and O–H groups in total. The van der Waals surface area contributed by atoms with Crippen LogP contribution < -0.4 is 21.3 Å². The van der Waals surface area contributed by atoms with Gasteiger partial charge in [0.1, 0.15) is 0 Å². The third-order valence-corrected chi connectivity index (χ3v) is 4.32. The van der Waals surface area contributed by atoms with Crippen LogP contribution in [0.1, 0.15) is 33.6 Å². The molecule has 1 heterocycles. The Hall–Kier alpha value is -3.68. The number of nitrogens with two attached hydrogens (primary N) is 1. The van der Waals surface area contributed by atoms with E-state index in [1.165, 1.54) is 6.07 Å². The molecule has 2 aromatic rings. The lowest BCUT2D eigenvalue weighted by atomic mass is 10.1. The minimum Gasteiger partial charge on any atom is -0.368 e. The Morgan fingerprint density at radius 1 is 1.00 bits per heavy atom. The van der Waals surface area contributed by atoms with Crippen LogP contribution in [0.15, 0.2) is 48.5 Å². The largest absolute Gasteiger partial charge is 0.368 e. The van der Waals surface area contributed by atoms with Gasteiger partial charge in [-0.2, -0.15) is 0 Å². The van der Waals surface area contributed by atoms with Gasteiger partial charge in [-0.3, -0.25) is 19.2 Å². The van der Waals surface area contributed by atoms with Gasteiger partial charge in [-0.15, -0.1) is 0 Å². The number of carbonyl (C=O) groups excluding carboxylic acids is 4. The fraction of sp³-hybridized carbons (Fsp3) is 0.200. The third-order valence-electron chi connectivity index (χ3n) is 4.32. The molecule has 1 saturated heterocycles. The van der Waals surface area contributed by atoms with Crippen LogP contribution in [0.4, 0.5) is 11.4 Å². The van der Waals surface area contributed by atoms with E-state index in [0.29, 0.717) is 29.8 Å². The predicted molar refractivity (Wildman–Crippen MR) is 104 cm³/mol. The minimum atomic E-state index is -0.642. The van der Waals surface area contributed by atoms with E-state index in [2.05, 4.69) is 10.6 Å². The summed E-state index contributed by atoms with van der Waals surface area (Å²) in [5, 5.41) is 5.11. The first-order chi connectivity index (χ1) is 13.4. The normalized spacial score (nSPS) is 13.3. The van der Waals surface area contributed by atoms with Gasteiger partial charge >= 0.3 is 0 Å². The number of hydrogen-bond acceptors (Lipinski definition) is 4. The number of nitrogens with one attached hydrogen (secondary N) is 2. The van der Waals surface area contributed by atoms with Crippen LogP contribution in [-0.2, 0) is 9.59 Å². The summed E-state index contributed by atoms with van der Waals surface area (Å²) in [4.78, 5) is 48.7. The summed E-state index contributed by atoms with van der Waals surface area (Å²) >= 11 is 0. The molecule has 0 bridgehead atoms. The van der Waals surface area contributed by atoms with Gasteiger partial charge in [0.25, 0.3) is 11.8 Å². The lowest BCUT2D eigenvalue weighted by molar-refractivity contribution is -0.117.